The molecule has 12 nitrogen and oxygen atoms in total. The number of para-hydroxylation sites is 1. The highest BCUT2D eigenvalue weighted by molar-refractivity contribution is 9.10. The molecule has 0 spiro atoms. The van der Waals surface area contributed by atoms with Gasteiger partial charge in [0.15, 0.2) is 10.0 Å². The molecule has 15 heteroatoms. The molecule has 1 aliphatic rings. The van der Waals surface area contributed by atoms with E-state index < -0.39 is 59.8 Å². The first kappa shape index (κ1) is 25.6. The summed E-state index contributed by atoms with van der Waals surface area (Å²) in [5, 5.41) is 22.1. The summed E-state index contributed by atoms with van der Waals surface area (Å²) in [6, 6.07) is 7.68. The number of halogens is 2. The van der Waals surface area contributed by atoms with E-state index in [1.165, 1.54) is 19.1 Å². The summed E-state index contributed by atoms with van der Waals surface area (Å²) in [5.74, 6) is -1.16. The van der Waals surface area contributed by atoms with Crippen LogP contribution in [0, 0.1) is 0 Å². The molecule has 0 saturated carbocycles. The molecule has 0 amide bonds. The van der Waals surface area contributed by atoms with Crippen molar-refractivity contribution in [1.82, 2.24) is 14.6 Å². The minimum Gasteiger partial charge on any atom is -0.480 e. The zero-order valence-electron chi connectivity index (χ0n) is 17.0. The first-order valence-corrected chi connectivity index (χ1v) is 12.2. The first-order valence-electron chi connectivity index (χ1n) is 9.45. The smallest absolute Gasteiger partial charge is 0.459 e. The molecule has 1 unspecified atom stereocenters. The number of hydrogen-bond acceptors (Lipinski definition) is 8. The lowest BCUT2D eigenvalue weighted by molar-refractivity contribution is -0.138. The summed E-state index contributed by atoms with van der Waals surface area (Å²) in [4.78, 5) is 36.8. The topological polar surface area (TPSA) is 169 Å². The van der Waals surface area contributed by atoms with Gasteiger partial charge < -0.3 is 19.5 Å². The summed E-state index contributed by atoms with van der Waals surface area (Å²) in [5.41, 5.74) is -1.47. The van der Waals surface area contributed by atoms with Crippen LogP contribution in [-0.4, -0.2) is 54.4 Å². The molecule has 1 saturated heterocycles. The van der Waals surface area contributed by atoms with Crippen LogP contribution in [0.25, 0.3) is 0 Å². The van der Waals surface area contributed by atoms with Crippen molar-refractivity contribution in [3.05, 3.63) is 63.4 Å². The highest BCUT2D eigenvalue weighted by Gasteiger charge is 2.55. The zero-order valence-corrected chi connectivity index (χ0v) is 20.2. The van der Waals surface area contributed by atoms with Gasteiger partial charge in [-0.25, -0.2) is 9.36 Å². The van der Waals surface area contributed by atoms with E-state index in [1.54, 1.807) is 18.2 Å². The minimum atomic E-state index is -4.28. The highest BCUT2D eigenvalue weighted by atomic mass is 79.9. The van der Waals surface area contributed by atoms with E-state index in [2.05, 4.69) is 21.0 Å². The maximum atomic E-state index is 13.3. The number of carbonyl (C=O) groups is 1. The Kier molecular flexibility index (Phi) is 7.84. The van der Waals surface area contributed by atoms with Gasteiger partial charge in [-0.15, -0.1) is 0 Å². The molecule has 180 valence electrons. The van der Waals surface area contributed by atoms with Gasteiger partial charge in [0, 0.05) is 12.3 Å². The highest BCUT2D eigenvalue weighted by Crippen LogP contribution is 2.50. The van der Waals surface area contributed by atoms with Crippen molar-refractivity contribution >= 4 is 41.2 Å². The Labute approximate surface area is 200 Å². The molecular weight excluding hydrogens is 549 g/mol. The van der Waals surface area contributed by atoms with Crippen molar-refractivity contribution in [2.24, 2.45) is 0 Å². The number of H-pyrrole nitrogens is 1. The Morgan fingerprint density at radius 3 is 2.67 bits per heavy atom. The van der Waals surface area contributed by atoms with Crippen molar-refractivity contribution in [3.8, 4) is 5.75 Å². The van der Waals surface area contributed by atoms with Gasteiger partial charge in [-0.05, 0) is 19.1 Å². The monoisotopic (exact) mass is 567 g/mol. The van der Waals surface area contributed by atoms with Gasteiger partial charge in [0.1, 0.15) is 24.0 Å². The first-order chi connectivity index (χ1) is 15.4. The fourth-order valence-corrected chi connectivity index (χ4v) is 5.32. The SMILES string of the molecule is C[C@@H](NP(=O)(OC[C@H]1O[C@@H](n2ccc(=O)[nH]c2=O)[C@](Cl)(Br)[C@@H]1O)Oc1ccccc1)C(=O)O. The van der Waals surface area contributed by atoms with E-state index in [9.17, 15) is 24.1 Å². The van der Waals surface area contributed by atoms with E-state index >= 15 is 0 Å². The predicted octanol–water partition coefficient (Wildman–Crippen LogP) is 1.39. The maximum Gasteiger partial charge on any atom is 0.459 e. The summed E-state index contributed by atoms with van der Waals surface area (Å²) >= 11 is 9.50. The number of aliphatic carboxylic acids is 1. The molecule has 6 atom stereocenters. The van der Waals surface area contributed by atoms with Crippen LogP contribution in [0.3, 0.4) is 0 Å². The van der Waals surface area contributed by atoms with Gasteiger partial charge in [0.2, 0.25) is 0 Å². The molecule has 0 bridgehead atoms. The lowest BCUT2D eigenvalue weighted by Gasteiger charge is -2.25. The second-order valence-corrected chi connectivity index (χ2v) is 11.1. The number of aliphatic hydroxyl groups is 1. The van der Waals surface area contributed by atoms with Crippen LogP contribution < -0.4 is 20.9 Å². The van der Waals surface area contributed by atoms with Crippen LogP contribution in [0.2, 0.25) is 0 Å². The van der Waals surface area contributed by atoms with E-state index in [0.29, 0.717) is 0 Å². The van der Waals surface area contributed by atoms with Crippen LogP contribution in [0.15, 0.2) is 52.2 Å². The minimum absolute atomic E-state index is 0.142. The number of carboxylic acid groups (broad SMARTS) is 1. The standard InChI is InChI=1S/C18H20BrClN3O9P/c1-10(15(26)27)22-33(29,32-11-5-3-2-4-6-11)30-9-12-14(25)18(19,20)16(31-12)23-8-7-13(24)21-17(23)28/h2-8,10,12,14,16,25H,9H2,1H3,(H,22,29)(H,26,27)(H,21,24,28)/t10-,12-,14-,16-,18+,33?/m1/s1. The molecule has 1 aliphatic heterocycles. The normalized spacial score (nSPS) is 27.6. The summed E-state index contributed by atoms with van der Waals surface area (Å²) in [7, 11) is -4.28. The summed E-state index contributed by atoms with van der Waals surface area (Å²) < 4.78 is 29.0. The lowest BCUT2D eigenvalue weighted by Crippen LogP contribution is -2.41. The predicted molar refractivity (Wildman–Crippen MR) is 120 cm³/mol. The lowest BCUT2D eigenvalue weighted by atomic mass is 10.2. The van der Waals surface area contributed by atoms with Crippen LogP contribution in [0.1, 0.15) is 13.2 Å². The number of ether oxygens (including phenoxy) is 1. The number of rotatable bonds is 9. The molecule has 4 N–H and O–H groups in total. The van der Waals surface area contributed by atoms with Crippen molar-refractivity contribution in [2.75, 3.05) is 6.61 Å². The van der Waals surface area contributed by atoms with Crippen LogP contribution >= 0.6 is 35.3 Å². The van der Waals surface area contributed by atoms with Crippen LogP contribution in [-0.2, 0) is 18.6 Å². The third-order valence-corrected chi connectivity index (χ3v) is 7.50. The molecule has 3 rings (SSSR count). The number of hydrogen-bond donors (Lipinski definition) is 4. The van der Waals surface area contributed by atoms with E-state index in [0.717, 1.165) is 16.8 Å². The van der Waals surface area contributed by atoms with Crippen LogP contribution in [0.4, 0.5) is 0 Å². The molecule has 1 aromatic carbocycles. The second kappa shape index (κ2) is 10.1. The Balaban J connectivity index is 1.80. The Morgan fingerprint density at radius 1 is 1.39 bits per heavy atom. The number of benzene rings is 1. The molecule has 2 aromatic rings. The van der Waals surface area contributed by atoms with Gasteiger partial charge in [0.25, 0.3) is 5.56 Å². The third-order valence-electron chi connectivity index (χ3n) is 4.58. The largest absolute Gasteiger partial charge is 0.480 e. The number of alkyl halides is 2. The van der Waals surface area contributed by atoms with Gasteiger partial charge in [-0.2, -0.15) is 5.09 Å². The van der Waals surface area contributed by atoms with Crippen molar-refractivity contribution in [3.63, 3.8) is 0 Å². The number of nitrogens with zero attached hydrogens (tertiary/aromatic N) is 1. The van der Waals surface area contributed by atoms with Crippen molar-refractivity contribution in [2.45, 2.75) is 35.2 Å². The molecule has 1 fully saturated rings. The fraction of sp³-hybridized carbons (Fsp3) is 0.389. The summed E-state index contributed by atoms with van der Waals surface area (Å²) in [6.45, 7) is 0.688. The van der Waals surface area contributed by atoms with Gasteiger partial charge in [0.05, 0.1) is 6.61 Å². The third kappa shape index (κ3) is 5.93. The maximum absolute atomic E-state index is 13.3. The average molecular weight is 569 g/mol. The number of aliphatic hydroxyl groups excluding tert-OH is 1. The molecule has 33 heavy (non-hydrogen) atoms. The Morgan fingerprint density at radius 2 is 2.06 bits per heavy atom. The Bertz CT molecular complexity index is 1160. The number of aromatic amines is 1. The fourth-order valence-electron chi connectivity index (χ4n) is 2.89. The Hall–Kier alpha value is -1.99. The zero-order chi connectivity index (χ0) is 24.4. The molecule has 2 heterocycles. The average Bonchev–Trinajstić information content (AvgIpc) is 2.96. The van der Waals surface area contributed by atoms with E-state index in [4.69, 9.17) is 30.5 Å². The van der Waals surface area contributed by atoms with Crippen molar-refractivity contribution < 1.29 is 33.4 Å². The van der Waals surface area contributed by atoms with Gasteiger partial charge >= 0.3 is 19.4 Å². The molecule has 1 aromatic heterocycles. The van der Waals surface area contributed by atoms with Crippen LogP contribution in [0.5, 0.6) is 5.75 Å². The number of nitrogens with one attached hydrogen (secondary N) is 2. The molecule has 0 radical (unpaired) electrons. The second-order valence-electron chi connectivity index (χ2n) is 7.05. The van der Waals surface area contributed by atoms with E-state index in [1.807, 2.05) is 4.98 Å². The molecule has 0 aliphatic carbocycles. The number of aromatic nitrogens is 2. The van der Waals surface area contributed by atoms with Gasteiger partial charge in [-0.3, -0.25) is 23.7 Å². The van der Waals surface area contributed by atoms with Crippen molar-refractivity contribution in [1.29, 1.82) is 0 Å². The van der Waals surface area contributed by atoms with Gasteiger partial charge in [-0.1, -0.05) is 45.7 Å². The quantitative estimate of drug-likeness (QED) is 0.256. The number of carboxylic acids is 1. The molecular formula is C18H20BrClN3O9P. The summed E-state index contributed by atoms with van der Waals surface area (Å²) in [6.07, 6.45) is -2.85. The van der Waals surface area contributed by atoms with E-state index in [-0.39, 0.29) is 5.75 Å².